The van der Waals surface area contributed by atoms with Gasteiger partial charge < -0.3 is 10.0 Å². The molecule has 0 radical (unpaired) electrons. The molecular formula is C10H13N3O4. The molecule has 0 spiro atoms. The van der Waals surface area contributed by atoms with E-state index < -0.39 is 10.9 Å². The number of carboxylic acids is 1. The number of likely N-dealkylation sites (N-methyl/N-ethyl adjacent to an activating group) is 1. The molecule has 7 nitrogen and oxygen atoms in total. The molecular weight excluding hydrogens is 226 g/mol. The number of rotatable bonds is 5. The Morgan fingerprint density at radius 3 is 2.76 bits per heavy atom. The molecule has 17 heavy (non-hydrogen) atoms. The lowest BCUT2D eigenvalue weighted by atomic mass is 10.2. The summed E-state index contributed by atoms with van der Waals surface area (Å²) in [6, 6.07) is 1.38. The highest BCUT2D eigenvalue weighted by molar-refractivity contribution is 5.74. The lowest BCUT2D eigenvalue weighted by Gasteiger charge is -2.19. The van der Waals surface area contributed by atoms with Crippen LogP contribution in [0.5, 0.6) is 0 Å². The van der Waals surface area contributed by atoms with Crippen molar-refractivity contribution in [2.45, 2.75) is 13.8 Å². The van der Waals surface area contributed by atoms with Crippen LogP contribution in [0.15, 0.2) is 12.3 Å². The number of hydrogen-bond acceptors (Lipinski definition) is 5. The van der Waals surface area contributed by atoms with Crippen molar-refractivity contribution in [3.8, 4) is 0 Å². The first-order valence-corrected chi connectivity index (χ1v) is 5.03. The van der Waals surface area contributed by atoms with Crippen molar-refractivity contribution in [2.75, 3.05) is 18.0 Å². The molecule has 0 unspecified atom stereocenters. The van der Waals surface area contributed by atoms with Gasteiger partial charge in [-0.2, -0.15) is 0 Å². The summed E-state index contributed by atoms with van der Waals surface area (Å²) < 4.78 is 0. The Balaban J connectivity index is 3.18. The second-order valence-electron chi connectivity index (χ2n) is 3.52. The molecule has 1 heterocycles. The normalized spacial score (nSPS) is 10.0. The summed E-state index contributed by atoms with van der Waals surface area (Å²) in [4.78, 5) is 26.3. The van der Waals surface area contributed by atoms with E-state index in [4.69, 9.17) is 5.11 Å². The zero-order chi connectivity index (χ0) is 13.0. The fraction of sp³-hybridized carbons (Fsp3) is 0.400. The molecule has 0 aliphatic heterocycles. The summed E-state index contributed by atoms with van der Waals surface area (Å²) >= 11 is 0. The maximum absolute atomic E-state index is 10.9. The van der Waals surface area contributed by atoms with E-state index in [0.29, 0.717) is 12.1 Å². The second-order valence-corrected chi connectivity index (χ2v) is 3.52. The number of hydrogen-bond donors (Lipinski definition) is 1. The minimum Gasteiger partial charge on any atom is -0.480 e. The van der Waals surface area contributed by atoms with Gasteiger partial charge in [0.05, 0.1) is 4.92 Å². The summed E-state index contributed by atoms with van der Waals surface area (Å²) in [5, 5.41) is 19.6. The maximum Gasteiger partial charge on any atom is 0.323 e. The van der Waals surface area contributed by atoms with Crippen molar-refractivity contribution in [2.24, 2.45) is 0 Å². The van der Waals surface area contributed by atoms with Crippen LogP contribution in [0.1, 0.15) is 12.5 Å². The van der Waals surface area contributed by atoms with Gasteiger partial charge in [-0.05, 0) is 19.4 Å². The van der Waals surface area contributed by atoms with Crippen molar-refractivity contribution in [1.82, 2.24) is 4.98 Å². The van der Waals surface area contributed by atoms with Crippen LogP contribution >= 0.6 is 0 Å². The van der Waals surface area contributed by atoms with Crippen molar-refractivity contribution in [3.05, 3.63) is 27.9 Å². The minimum absolute atomic E-state index is 0.0884. The molecule has 0 saturated carbocycles. The molecule has 0 atom stereocenters. The van der Waals surface area contributed by atoms with Gasteiger partial charge in [0.15, 0.2) is 0 Å². The van der Waals surface area contributed by atoms with Gasteiger partial charge >= 0.3 is 11.7 Å². The van der Waals surface area contributed by atoms with Crippen LogP contribution < -0.4 is 4.90 Å². The third-order valence-corrected chi connectivity index (χ3v) is 2.19. The smallest absolute Gasteiger partial charge is 0.323 e. The molecule has 92 valence electrons. The topological polar surface area (TPSA) is 96.6 Å². The van der Waals surface area contributed by atoms with E-state index in [9.17, 15) is 14.9 Å². The van der Waals surface area contributed by atoms with Gasteiger partial charge in [-0.25, -0.2) is 4.98 Å². The number of carboxylic acid groups (broad SMARTS) is 1. The van der Waals surface area contributed by atoms with E-state index in [1.165, 1.54) is 17.2 Å². The molecule has 0 aliphatic carbocycles. The van der Waals surface area contributed by atoms with E-state index in [1.54, 1.807) is 13.8 Å². The number of nitro groups is 1. The third-order valence-electron chi connectivity index (χ3n) is 2.19. The van der Waals surface area contributed by atoms with Crippen LogP contribution in [0, 0.1) is 17.0 Å². The molecule has 1 rings (SSSR count). The number of pyridine rings is 1. The molecule has 0 saturated heterocycles. The highest BCUT2D eigenvalue weighted by Crippen LogP contribution is 2.25. The molecule has 1 aromatic rings. The van der Waals surface area contributed by atoms with Crippen LogP contribution in [0.4, 0.5) is 11.5 Å². The summed E-state index contributed by atoms with van der Waals surface area (Å²) in [7, 11) is 0. The zero-order valence-corrected chi connectivity index (χ0v) is 9.58. The number of aliphatic carboxylic acids is 1. The monoisotopic (exact) mass is 239 g/mol. The molecule has 1 aromatic heterocycles. The van der Waals surface area contributed by atoms with Crippen LogP contribution in [-0.4, -0.2) is 34.1 Å². The van der Waals surface area contributed by atoms with Gasteiger partial charge in [-0.3, -0.25) is 14.9 Å². The SMILES string of the molecule is CCN(CC(=O)O)c1ncc(C)cc1[N+](=O)[O-]. The number of aryl methyl sites for hydroxylation is 1. The minimum atomic E-state index is -1.05. The van der Waals surface area contributed by atoms with Crippen molar-refractivity contribution in [1.29, 1.82) is 0 Å². The van der Waals surface area contributed by atoms with Crippen molar-refractivity contribution < 1.29 is 14.8 Å². The first-order valence-electron chi connectivity index (χ1n) is 5.03. The Labute approximate surface area is 97.8 Å². The predicted molar refractivity (Wildman–Crippen MR) is 61.2 cm³/mol. The lowest BCUT2D eigenvalue weighted by molar-refractivity contribution is -0.384. The van der Waals surface area contributed by atoms with Crippen LogP contribution in [0.2, 0.25) is 0 Å². The lowest BCUT2D eigenvalue weighted by Crippen LogP contribution is -2.30. The molecule has 7 heteroatoms. The quantitative estimate of drug-likeness (QED) is 0.612. The Kier molecular flexibility index (Phi) is 3.97. The first kappa shape index (κ1) is 12.9. The van der Waals surface area contributed by atoms with Crippen LogP contribution in [0.3, 0.4) is 0 Å². The van der Waals surface area contributed by atoms with E-state index in [0.717, 1.165) is 0 Å². The molecule has 1 N–H and O–H groups in total. The number of carbonyl (C=O) groups is 1. The highest BCUT2D eigenvalue weighted by Gasteiger charge is 2.21. The van der Waals surface area contributed by atoms with Gasteiger partial charge in [0, 0.05) is 18.8 Å². The van der Waals surface area contributed by atoms with Crippen LogP contribution in [-0.2, 0) is 4.79 Å². The van der Waals surface area contributed by atoms with Crippen LogP contribution in [0.25, 0.3) is 0 Å². The third kappa shape index (κ3) is 3.13. The average molecular weight is 239 g/mol. The van der Waals surface area contributed by atoms with E-state index in [-0.39, 0.29) is 18.1 Å². The van der Waals surface area contributed by atoms with E-state index in [1.807, 2.05) is 0 Å². The van der Waals surface area contributed by atoms with Crippen molar-refractivity contribution >= 4 is 17.5 Å². The highest BCUT2D eigenvalue weighted by atomic mass is 16.6. The standard InChI is InChI=1S/C10H13N3O4/c1-3-12(6-9(14)15)10-8(13(16)17)4-7(2)5-11-10/h4-5H,3,6H2,1-2H3,(H,14,15). The van der Waals surface area contributed by atoms with Gasteiger partial charge in [0.2, 0.25) is 5.82 Å². The van der Waals surface area contributed by atoms with Gasteiger partial charge in [-0.1, -0.05) is 0 Å². The Bertz CT molecular complexity index is 447. The Hall–Kier alpha value is -2.18. The molecule has 0 aliphatic rings. The number of aromatic nitrogens is 1. The fourth-order valence-electron chi connectivity index (χ4n) is 1.42. The summed E-state index contributed by atoms with van der Waals surface area (Å²) in [6.07, 6.45) is 1.48. The zero-order valence-electron chi connectivity index (χ0n) is 9.58. The fourth-order valence-corrected chi connectivity index (χ4v) is 1.42. The number of anilines is 1. The Morgan fingerprint density at radius 1 is 1.65 bits per heavy atom. The molecule has 0 fully saturated rings. The molecule has 0 aromatic carbocycles. The Morgan fingerprint density at radius 2 is 2.29 bits per heavy atom. The second kappa shape index (κ2) is 5.24. The summed E-state index contributed by atoms with van der Waals surface area (Å²) in [5.41, 5.74) is 0.486. The van der Waals surface area contributed by atoms with Gasteiger partial charge in [0.1, 0.15) is 6.54 Å². The number of nitrogens with zero attached hydrogens (tertiary/aromatic N) is 3. The average Bonchev–Trinajstić information content (AvgIpc) is 2.25. The van der Waals surface area contributed by atoms with E-state index in [2.05, 4.69) is 4.98 Å². The van der Waals surface area contributed by atoms with Gasteiger partial charge in [0.25, 0.3) is 0 Å². The first-order chi connectivity index (χ1) is 7.95. The summed E-state index contributed by atoms with van der Waals surface area (Å²) in [5.74, 6) is -0.964. The summed E-state index contributed by atoms with van der Waals surface area (Å²) in [6.45, 7) is 3.43. The molecule has 0 bridgehead atoms. The predicted octanol–water partition coefficient (Wildman–Crippen LogP) is 1.21. The van der Waals surface area contributed by atoms with E-state index >= 15 is 0 Å². The maximum atomic E-state index is 10.9. The largest absolute Gasteiger partial charge is 0.480 e. The van der Waals surface area contributed by atoms with Crippen molar-refractivity contribution in [3.63, 3.8) is 0 Å². The van der Waals surface area contributed by atoms with Gasteiger partial charge in [-0.15, -0.1) is 0 Å². The molecule has 0 amide bonds.